The van der Waals surface area contributed by atoms with E-state index in [1.165, 1.54) is 5.56 Å². The fourth-order valence-corrected chi connectivity index (χ4v) is 4.96. The van der Waals surface area contributed by atoms with Gasteiger partial charge in [-0.15, -0.1) is 0 Å². The van der Waals surface area contributed by atoms with Crippen LogP contribution in [0.5, 0.6) is 0 Å². The molecule has 2 aromatic carbocycles. The summed E-state index contributed by atoms with van der Waals surface area (Å²) in [6.45, 7) is 4.99. The fourth-order valence-electron chi connectivity index (χ4n) is 4.96. The molecular formula is C25H27N3O2. The summed E-state index contributed by atoms with van der Waals surface area (Å²) >= 11 is 0. The van der Waals surface area contributed by atoms with Crippen molar-refractivity contribution < 1.29 is 9.59 Å². The number of rotatable bonds is 4. The van der Waals surface area contributed by atoms with Crippen molar-refractivity contribution in [2.75, 3.05) is 13.1 Å². The maximum Gasteiger partial charge on any atom is 0.246 e. The number of hydrogen-bond acceptors (Lipinski definition) is 2. The molecule has 3 aromatic rings. The number of benzene rings is 2. The predicted octanol–water partition coefficient (Wildman–Crippen LogP) is 3.96. The van der Waals surface area contributed by atoms with Gasteiger partial charge >= 0.3 is 0 Å². The van der Waals surface area contributed by atoms with Crippen LogP contribution in [0.15, 0.2) is 48.5 Å². The summed E-state index contributed by atoms with van der Waals surface area (Å²) in [7, 11) is 0. The van der Waals surface area contributed by atoms with Gasteiger partial charge in [-0.2, -0.15) is 0 Å². The molecule has 0 spiro atoms. The highest BCUT2D eigenvalue weighted by molar-refractivity contribution is 5.97. The largest absolute Gasteiger partial charge is 0.356 e. The number of piperazine rings is 1. The first-order chi connectivity index (χ1) is 14.6. The number of amides is 2. The molecule has 2 aliphatic heterocycles. The lowest BCUT2D eigenvalue weighted by Gasteiger charge is -2.47. The van der Waals surface area contributed by atoms with Crippen molar-refractivity contribution >= 4 is 22.7 Å². The monoisotopic (exact) mass is 401 g/mol. The Bertz CT molecular complexity index is 1120. The highest BCUT2D eigenvalue weighted by Gasteiger charge is 2.47. The third-order valence-electron chi connectivity index (χ3n) is 6.52. The molecule has 0 unspecified atom stereocenters. The van der Waals surface area contributed by atoms with Crippen LogP contribution in [0.1, 0.15) is 48.2 Å². The molecule has 1 fully saturated rings. The topological polar surface area (TPSA) is 56.4 Å². The van der Waals surface area contributed by atoms with Crippen molar-refractivity contribution in [1.82, 2.24) is 14.8 Å². The molecule has 154 valence electrons. The van der Waals surface area contributed by atoms with Crippen LogP contribution in [0, 0.1) is 6.92 Å². The Kier molecular flexibility index (Phi) is 4.61. The second-order valence-corrected chi connectivity index (χ2v) is 8.51. The molecule has 5 rings (SSSR count). The number of hydrogen-bond donors (Lipinski definition) is 1. The predicted molar refractivity (Wildman–Crippen MR) is 117 cm³/mol. The number of carbonyl (C=O) groups excluding carboxylic acids is 2. The van der Waals surface area contributed by atoms with Crippen LogP contribution in [0.4, 0.5) is 0 Å². The highest BCUT2D eigenvalue weighted by Crippen LogP contribution is 2.42. The summed E-state index contributed by atoms with van der Waals surface area (Å²) in [5, 5.41) is 1.15. The third kappa shape index (κ3) is 2.92. The number of nitrogens with one attached hydrogen (secondary N) is 1. The molecule has 0 saturated carbocycles. The average Bonchev–Trinajstić information content (AvgIpc) is 3.13. The van der Waals surface area contributed by atoms with E-state index >= 15 is 0 Å². The lowest BCUT2D eigenvalue weighted by molar-refractivity contribution is -0.158. The molecular weight excluding hydrogens is 374 g/mol. The van der Waals surface area contributed by atoms with Crippen LogP contribution in [0.25, 0.3) is 10.9 Å². The van der Waals surface area contributed by atoms with Gasteiger partial charge in [-0.1, -0.05) is 61.4 Å². The van der Waals surface area contributed by atoms with Gasteiger partial charge in [0.1, 0.15) is 6.04 Å². The van der Waals surface area contributed by atoms with E-state index in [-0.39, 0.29) is 24.4 Å². The van der Waals surface area contributed by atoms with E-state index in [0.29, 0.717) is 13.0 Å². The van der Waals surface area contributed by atoms with Gasteiger partial charge in [0.2, 0.25) is 11.8 Å². The smallest absolute Gasteiger partial charge is 0.246 e. The molecule has 2 atom stereocenters. The molecule has 3 heterocycles. The third-order valence-corrected chi connectivity index (χ3v) is 6.52. The number of fused-ring (bicyclic) bond motifs is 4. The molecule has 5 heteroatoms. The van der Waals surface area contributed by atoms with E-state index < -0.39 is 6.04 Å². The van der Waals surface area contributed by atoms with Gasteiger partial charge in [-0.3, -0.25) is 9.59 Å². The van der Waals surface area contributed by atoms with Crippen LogP contribution in [-0.2, 0) is 16.0 Å². The Balaban J connectivity index is 1.66. The van der Waals surface area contributed by atoms with Crippen molar-refractivity contribution in [3.8, 4) is 0 Å². The van der Waals surface area contributed by atoms with E-state index in [1.807, 2.05) is 17.0 Å². The number of carbonyl (C=O) groups is 2. The minimum absolute atomic E-state index is 0.0329. The van der Waals surface area contributed by atoms with Crippen LogP contribution in [-0.4, -0.2) is 45.7 Å². The lowest BCUT2D eigenvalue weighted by atomic mass is 9.86. The van der Waals surface area contributed by atoms with Crippen molar-refractivity contribution in [3.63, 3.8) is 0 Å². The molecule has 0 radical (unpaired) electrons. The zero-order chi connectivity index (χ0) is 20.8. The average molecular weight is 402 g/mol. The van der Waals surface area contributed by atoms with Crippen LogP contribution in [0.3, 0.4) is 0 Å². The lowest BCUT2D eigenvalue weighted by Crippen LogP contribution is -2.63. The van der Waals surface area contributed by atoms with Gasteiger partial charge in [0.05, 0.1) is 12.6 Å². The minimum atomic E-state index is -0.443. The fraction of sp³-hybridized carbons (Fsp3) is 0.360. The maximum atomic E-state index is 13.4. The molecule has 1 N–H and O–H groups in total. The SMILES string of the molecule is CCCCN1CC(=O)N2[C@@H](c3ccc(C)cc3)c3[nH]c4ccccc4c3C[C@H]2C1=O. The molecule has 0 bridgehead atoms. The van der Waals surface area contributed by atoms with Gasteiger partial charge in [-0.25, -0.2) is 0 Å². The van der Waals surface area contributed by atoms with Gasteiger partial charge in [0, 0.05) is 29.6 Å². The van der Waals surface area contributed by atoms with Crippen LogP contribution >= 0.6 is 0 Å². The minimum Gasteiger partial charge on any atom is -0.356 e. The summed E-state index contributed by atoms with van der Waals surface area (Å²) in [6, 6.07) is 15.8. The molecule has 2 aliphatic rings. The van der Waals surface area contributed by atoms with E-state index in [2.05, 4.69) is 55.2 Å². The number of aromatic nitrogens is 1. The number of H-pyrrole nitrogens is 1. The Morgan fingerprint density at radius 1 is 1.07 bits per heavy atom. The van der Waals surface area contributed by atoms with Crippen LogP contribution in [0.2, 0.25) is 0 Å². The van der Waals surface area contributed by atoms with Crippen molar-refractivity contribution in [3.05, 3.63) is 70.9 Å². The second kappa shape index (κ2) is 7.31. The van der Waals surface area contributed by atoms with Crippen LogP contribution < -0.4 is 0 Å². The number of para-hydroxylation sites is 1. The van der Waals surface area contributed by atoms with Gasteiger partial charge in [-0.05, 0) is 30.5 Å². The first kappa shape index (κ1) is 18.9. The Morgan fingerprint density at radius 2 is 1.83 bits per heavy atom. The van der Waals surface area contributed by atoms with Gasteiger partial charge in [0.15, 0.2) is 0 Å². The van der Waals surface area contributed by atoms with Crippen molar-refractivity contribution in [1.29, 1.82) is 0 Å². The molecule has 30 heavy (non-hydrogen) atoms. The maximum absolute atomic E-state index is 13.4. The molecule has 2 amide bonds. The van der Waals surface area contributed by atoms with E-state index in [9.17, 15) is 9.59 Å². The zero-order valence-electron chi connectivity index (χ0n) is 17.5. The van der Waals surface area contributed by atoms with E-state index in [1.54, 1.807) is 4.90 Å². The summed E-state index contributed by atoms with van der Waals surface area (Å²) < 4.78 is 0. The number of aryl methyl sites for hydroxylation is 1. The Hall–Kier alpha value is -3.08. The van der Waals surface area contributed by atoms with Crippen molar-refractivity contribution in [2.45, 2.75) is 45.2 Å². The summed E-state index contributed by atoms with van der Waals surface area (Å²) in [5.41, 5.74) is 5.48. The van der Waals surface area contributed by atoms with Crippen molar-refractivity contribution in [2.24, 2.45) is 0 Å². The highest BCUT2D eigenvalue weighted by atomic mass is 16.2. The second-order valence-electron chi connectivity index (χ2n) is 8.51. The van der Waals surface area contributed by atoms with E-state index in [0.717, 1.165) is 40.6 Å². The summed E-state index contributed by atoms with van der Waals surface area (Å²) in [5.74, 6) is 0.113. The number of aromatic amines is 1. The molecule has 0 aliphatic carbocycles. The first-order valence-corrected chi connectivity index (χ1v) is 10.8. The Morgan fingerprint density at radius 3 is 2.60 bits per heavy atom. The first-order valence-electron chi connectivity index (χ1n) is 10.8. The van der Waals surface area contributed by atoms with Gasteiger partial charge in [0.25, 0.3) is 0 Å². The number of unbranched alkanes of at least 4 members (excludes halogenated alkanes) is 1. The summed E-state index contributed by atoms with van der Waals surface area (Å²) in [6.07, 6.45) is 2.49. The number of nitrogens with zero attached hydrogens (tertiary/aromatic N) is 2. The zero-order valence-corrected chi connectivity index (χ0v) is 17.5. The molecule has 5 nitrogen and oxygen atoms in total. The van der Waals surface area contributed by atoms with Gasteiger partial charge < -0.3 is 14.8 Å². The standard InChI is InChI=1S/C25H27N3O2/c1-3-4-13-27-15-22(29)28-21(25(27)30)14-19-18-7-5-6-8-20(18)26-23(19)24(28)17-11-9-16(2)10-12-17/h5-12,21,24,26H,3-4,13-15H2,1-2H3/t21-,24-/m0/s1. The quantitative estimate of drug-likeness (QED) is 0.719. The summed E-state index contributed by atoms with van der Waals surface area (Å²) in [4.78, 5) is 34.0. The normalized spacial score (nSPS) is 21.1. The molecule has 1 saturated heterocycles. The Labute approximate surface area is 176 Å². The van der Waals surface area contributed by atoms with E-state index in [4.69, 9.17) is 0 Å². The molecule has 1 aromatic heterocycles.